The summed E-state index contributed by atoms with van der Waals surface area (Å²) in [5.41, 5.74) is 2.14. The summed E-state index contributed by atoms with van der Waals surface area (Å²) in [6, 6.07) is 9.92. The molecule has 2 aromatic carbocycles. The number of hydrogen-bond donors (Lipinski definition) is 3. The molecule has 0 unspecified atom stereocenters. The van der Waals surface area contributed by atoms with Crippen molar-refractivity contribution in [2.45, 2.75) is 30.4 Å². The van der Waals surface area contributed by atoms with Crippen molar-refractivity contribution in [3.8, 4) is 5.75 Å². The third-order valence-corrected chi connectivity index (χ3v) is 6.99. The van der Waals surface area contributed by atoms with E-state index in [1.807, 2.05) is 0 Å². The first kappa shape index (κ1) is 22.7. The van der Waals surface area contributed by atoms with Crippen LogP contribution in [0.3, 0.4) is 0 Å². The van der Waals surface area contributed by atoms with Gasteiger partial charge in [-0.1, -0.05) is 12.1 Å². The molecule has 1 fully saturated rings. The average molecular weight is 452 g/mol. The number of hydrogen-bond acceptors (Lipinski definition) is 6. The molecule has 0 radical (unpaired) electrons. The van der Waals surface area contributed by atoms with Crippen LogP contribution in [-0.4, -0.2) is 47.5 Å². The molecule has 1 aliphatic rings. The topological polar surface area (TPSA) is 133 Å². The van der Waals surface area contributed by atoms with E-state index in [0.717, 1.165) is 9.87 Å². The summed E-state index contributed by atoms with van der Waals surface area (Å²) in [4.78, 5) is 23.2. The molecular formula is C20H21FN2O7S. The van der Waals surface area contributed by atoms with Crippen molar-refractivity contribution in [2.24, 2.45) is 5.92 Å². The summed E-state index contributed by atoms with van der Waals surface area (Å²) >= 11 is 0. The molecule has 2 aromatic rings. The van der Waals surface area contributed by atoms with E-state index in [0.29, 0.717) is 5.75 Å². The number of carbonyl (C=O) groups is 2. The Balaban J connectivity index is 1.74. The average Bonchev–Trinajstić information content (AvgIpc) is 2.78. The number of aliphatic carboxylic acids is 1. The number of carboxylic acids is 1. The van der Waals surface area contributed by atoms with Gasteiger partial charge < -0.3 is 9.84 Å². The largest absolute Gasteiger partial charge is 0.489 e. The first-order valence-electron chi connectivity index (χ1n) is 9.38. The number of rotatable bonds is 7. The monoisotopic (exact) mass is 452 g/mol. The molecule has 2 atom stereocenters. The lowest BCUT2D eigenvalue weighted by molar-refractivity contribution is -0.145. The van der Waals surface area contributed by atoms with Crippen LogP contribution in [0.1, 0.15) is 18.4 Å². The Morgan fingerprint density at radius 2 is 1.77 bits per heavy atom. The Kier molecular flexibility index (Phi) is 6.88. The quantitative estimate of drug-likeness (QED) is 0.431. The van der Waals surface area contributed by atoms with E-state index in [9.17, 15) is 27.5 Å². The number of amides is 1. The van der Waals surface area contributed by atoms with Gasteiger partial charge in [0.15, 0.2) is 0 Å². The molecule has 9 nitrogen and oxygen atoms in total. The normalized spacial score (nSPS) is 19.5. The van der Waals surface area contributed by atoms with Gasteiger partial charge in [0.05, 0.1) is 10.8 Å². The molecule has 1 aliphatic heterocycles. The third kappa shape index (κ3) is 5.19. The van der Waals surface area contributed by atoms with Gasteiger partial charge in [-0.15, -0.1) is 0 Å². The molecule has 1 heterocycles. The van der Waals surface area contributed by atoms with Gasteiger partial charge >= 0.3 is 5.97 Å². The third-order valence-electron chi connectivity index (χ3n) is 5.06. The molecule has 31 heavy (non-hydrogen) atoms. The number of carboxylic acid groups (broad SMARTS) is 1. The number of nitrogens with zero attached hydrogens (tertiary/aromatic N) is 1. The van der Waals surface area contributed by atoms with Gasteiger partial charge in [-0.05, 0) is 54.8 Å². The van der Waals surface area contributed by atoms with Gasteiger partial charge in [0.25, 0.3) is 5.91 Å². The maximum atomic E-state index is 13.1. The lowest BCUT2D eigenvalue weighted by Crippen LogP contribution is -2.53. The van der Waals surface area contributed by atoms with Crippen LogP contribution in [0.25, 0.3) is 0 Å². The van der Waals surface area contributed by atoms with Crippen LogP contribution in [0.2, 0.25) is 0 Å². The smallest absolute Gasteiger partial charge is 0.306 e. The molecule has 3 N–H and O–H groups in total. The standard InChI is InChI=1S/C20H21FN2O7S/c21-15-3-1-13(2-4-15)12-30-16-5-7-17(8-6-16)31(28,29)23-10-9-14(20(25)26)11-18(23)19(24)22-27/h1-8,14,18,27H,9-12H2,(H,22,24)(H,25,26)/t14-,18-/m1/s1. The number of carbonyl (C=O) groups excluding carboxylic acids is 1. The Hall–Kier alpha value is -3.02. The summed E-state index contributed by atoms with van der Waals surface area (Å²) in [7, 11) is -4.13. The predicted octanol–water partition coefficient (Wildman–Crippen LogP) is 1.76. The van der Waals surface area contributed by atoms with Gasteiger partial charge in [-0.3, -0.25) is 14.8 Å². The number of hydroxylamine groups is 1. The first-order valence-corrected chi connectivity index (χ1v) is 10.8. The SMILES string of the molecule is O=C(O)[C@@H]1CCN(S(=O)(=O)c2ccc(OCc3ccc(F)cc3)cc2)[C@@H](C(=O)NO)C1. The van der Waals surface area contributed by atoms with Crippen LogP contribution < -0.4 is 10.2 Å². The van der Waals surface area contributed by atoms with Crippen LogP contribution in [0.4, 0.5) is 4.39 Å². The molecule has 11 heteroatoms. The van der Waals surface area contributed by atoms with Gasteiger partial charge in [-0.25, -0.2) is 18.3 Å². The van der Waals surface area contributed by atoms with E-state index in [1.54, 1.807) is 12.1 Å². The van der Waals surface area contributed by atoms with Crippen molar-refractivity contribution in [1.29, 1.82) is 0 Å². The van der Waals surface area contributed by atoms with Gasteiger partial charge in [0, 0.05) is 6.54 Å². The lowest BCUT2D eigenvalue weighted by atomic mass is 9.92. The van der Waals surface area contributed by atoms with E-state index >= 15 is 0 Å². The molecule has 3 rings (SSSR count). The minimum absolute atomic E-state index is 0.0443. The highest BCUT2D eigenvalue weighted by Crippen LogP contribution is 2.30. The van der Waals surface area contributed by atoms with Crippen molar-refractivity contribution < 1.29 is 37.4 Å². The Morgan fingerprint density at radius 1 is 1.13 bits per heavy atom. The fraction of sp³-hybridized carbons (Fsp3) is 0.300. The molecule has 1 amide bonds. The van der Waals surface area contributed by atoms with Gasteiger partial charge in [-0.2, -0.15) is 4.31 Å². The van der Waals surface area contributed by atoms with E-state index in [4.69, 9.17) is 9.94 Å². The second-order valence-corrected chi connectivity index (χ2v) is 8.94. The summed E-state index contributed by atoms with van der Waals surface area (Å²) < 4.78 is 45.5. The van der Waals surface area contributed by atoms with E-state index in [1.165, 1.54) is 41.9 Å². The van der Waals surface area contributed by atoms with E-state index in [2.05, 4.69) is 0 Å². The maximum Gasteiger partial charge on any atom is 0.306 e. The van der Waals surface area contributed by atoms with Crippen LogP contribution >= 0.6 is 0 Å². The zero-order chi connectivity index (χ0) is 22.6. The zero-order valence-corrected chi connectivity index (χ0v) is 17.1. The van der Waals surface area contributed by atoms with Crippen molar-refractivity contribution in [3.05, 3.63) is 59.9 Å². The van der Waals surface area contributed by atoms with Crippen LogP contribution in [0, 0.1) is 11.7 Å². The predicted molar refractivity (Wildman–Crippen MR) is 105 cm³/mol. The van der Waals surface area contributed by atoms with Crippen molar-refractivity contribution >= 4 is 21.9 Å². The van der Waals surface area contributed by atoms with Gasteiger partial charge in [0.1, 0.15) is 24.2 Å². The van der Waals surface area contributed by atoms with Crippen molar-refractivity contribution in [1.82, 2.24) is 9.79 Å². The Bertz CT molecular complexity index is 1040. The second-order valence-electron chi connectivity index (χ2n) is 7.05. The maximum absolute atomic E-state index is 13.1. The minimum atomic E-state index is -4.13. The van der Waals surface area contributed by atoms with Gasteiger partial charge in [0.2, 0.25) is 10.0 Å². The Labute approximate surface area is 178 Å². The number of ether oxygens (including phenoxy) is 1. The molecule has 0 spiro atoms. The molecule has 166 valence electrons. The van der Waals surface area contributed by atoms with Crippen LogP contribution in [0.5, 0.6) is 5.75 Å². The minimum Gasteiger partial charge on any atom is -0.489 e. The highest BCUT2D eigenvalue weighted by atomic mass is 32.2. The van der Waals surface area contributed by atoms with Crippen LogP contribution in [0.15, 0.2) is 53.4 Å². The first-order chi connectivity index (χ1) is 14.7. The number of piperidine rings is 1. The molecular weight excluding hydrogens is 431 g/mol. The van der Waals surface area contributed by atoms with Crippen molar-refractivity contribution in [2.75, 3.05) is 6.54 Å². The lowest BCUT2D eigenvalue weighted by Gasteiger charge is -2.35. The number of halogens is 1. The van der Waals surface area contributed by atoms with E-state index in [-0.39, 0.29) is 36.7 Å². The van der Waals surface area contributed by atoms with Crippen LogP contribution in [-0.2, 0) is 26.2 Å². The summed E-state index contributed by atoms with van der Waals surface area (Å²) in [6.45, 7) is -0.0198. The molecule has 0 bridgehead atoms. The molecule has 1 saturated heterocycles. The number of benzene rings is 2. The molecule has 0 aromatic heterocycles. The fourth-order valence-electron chi connectivity index (χ4n) is 3.36. The Morgan fingerprint density at radius 3 is 2.35 bits per heavy atom. The fourth-order valence-corrected chi connectivity index (χ4v) is 4.97. The van der Waals surface area contributed by atoms with Crippen molar-refractivity contribution in [3.63, 3.8) is 0 Å². The number of nitrogens with one attached hydrogen (secondary N) is 1. The number of sulfonamides is 1. The molecule has 0 saturated carbocycles. The highest BCUT2D eigenvalue weighted by molar-refractivity contribution is 7.89. The highest BCUT2D eigenvalue weighted by Gasteiger charge is 2.42. The van der Waals surface area contributed by atoms with E-state index < -0.39 is 33.9 Å². The summed E-state index contributed by atoms with van der Waals surface area (Å²) in [5, 5.41) is 18.2. The zero-order valence-electron chi connectivity index (χ0n) is 16.3. The molecule has 0 aliphatic carbocycles. The summed E-state index contributed by atoms with van der Waals surface area (Å²) in [6.07, 6.45) is -0.206. The second kappa shape index (κ2) is 9.41. The summed E-state index contributed by atoms with van der Waals surface area (Å²) in [5.74, 6) is -2.99.